The molecule has 0 aromatic carbocycles. The lowest BCUT2D eigenvalue weighted by molar-refractivity contribution is 0.0481. The van der Waals surface area contributed by atoms with Gasteiger partial charge in [-0.3, -0.25) is 4.79 Å². The molecule has 1 amide bonds. The van der Waals surface area contributed by atoms with E-state index >= 15 is 0 Å². The zero-order chi connectivity index (χ0) is 10.3. The molecule has 1 N–H and O–H groups in total. The summed E-state index contributed by atoms with van der Waals surface area (Å²) >= 11 is 0. The van der Waals surface area contributed by atoms with E-state index in [1.54, 1.807) is 18.4 Å². The molecule has 0 aliphatic carbocycles. The number of carbonyl (C=O) groups excluding carboxylic acids is 1. The Kier molecular flexibility index (Phi) is 2.02. The molecule has 2 aliphatic rings. The van der Waals surface area contributed by atoms with Gasteiger partial charge in [0.15, 0.2) is 5.76 Å². The maximum absolute atomic E-state index is 11.9. The third-order valence-corrected chi connectivity index (χ3v) is 3.40. The van der Waals surface area contributed by atoms with Crippen molar-refractivity contribution in [3.05, 3.63) is 24.2 Å². The van der Waals surface area contributed by atoms with E-state index < -0.39 is 0 Å². The Hall–Kier alpha value is -1.29. The number of carbonyl (C=O) groups is 1. The van der Waals surface area contributed by atoms with E-state index in [9.17, 15) is 4.79 Å². The number of likely N-dealkylation sites (tertiary alicyclic amines) is 1. The average molecular weight is 206 g/mol. The molecule has 0 radical (unpaired) electrons. The number of furan rings is 1. The van der Waals surface area contributed by atoms with Crippen LogP contribution in [0, 0.1) is 5.92 Å². The van der Waals surface area contributed by atoms with Gasteiger partial charge < -0.3 is 14.6 Å². The van der Waals surface area contributed by atoms with E-state index in [0.29, 0.717) is 17.7 Å². The summed E-state index contributed by atoms with van der Waals surface area (Å²) in [5.74, 6) is 1.14. The Morgan fingerprint density at radius 3 is 3.13 bits per heavy atom. The largest absolute Gasteiger partial charge is 0.459 e. The molecule has 15 heavy (non-hydrogen) atoms. The van der Waals surface area contributed by atoms with Crippen molar-refractivity contribution in [2.75, 3.05) is 19.6 Å². The fourth-order valence-corrected chi connectivity index (χ4v) is 2.39. The minimum Gasteiger partial charge on any atom is -0.459 e. The van der Waals surface area contributed by atoms with Gasteiger partial charge >= 0.3 is 0 Å². The van der Waals surface area contributed by atoms with E-state index in [-0.39, 0.29) is 5.91 Å². The summed E-state index contributed by atoms with van der Waals surface area (Å²) in [7, 11) is 0. The molecule has 2 aliphatic heterocycles. The van der Waals surface area contributed by atoms with Crippen LogP contribution in [-0.4, -0.2) is 36.5 Å². The van der Waals surface area contributed by atoms with Gasteiger partial charge in [0.1, 0.15) is 0 Å². The first kappa shape index (κ1) is 8.97. The van der Waals surface area contributed by atoms with Gasteiger partial charge in [-0.1, -0.05) is 0 Å². The minimum atomic E-state index is 0.0327. The van der Waals surface area contributed by atoms with Gasteiger partial charge in [0, 0.05) is 31.6 Å². The summed E-state index contributed by atoms with van der Waals surface area (Å²) in [5, 5.41) is 3.38. The zero-order valence-corrected chi connectivity index (χ0v) is 8.48. The molecule has 0 bridgehead atoms. The molecule has 2 atom stereocenters. The number of nitrogens with one attached hydrogen (secondary N) is 1. The van der Waals surface area contributed by atoms with Gasteiger partial charge in [-0.15, -0.1) is 0 Å². The van der Waals surface area contributed by atoms with Crippen LogP contribution in [0.15, 0.2) is 22.8 Å². The van der Waals surface area contributed by atoms with E-state index in [1.165, 1.54) is 0 Å². The van der Waals surface area contributed by atoms with E-state index in [0.717, 1.165) is 26.1 Å². The molecule has 2 fully saturated rings. The topological polar surface area (TPSA) is 45.5 Å². The van der Waals surface area contributed by atoms with Crippen LogP contribution in [-0.2, 0) is 0 Å². The van der Waals surface area contributed by atoms with Gasteiger partial charge in [0.25, 0.3) is 5.91 Å². The maximum atomic E-state index is 11.9. The maximum Gasteiger partial charge on any atom is 0.289 e. The SMILES string of the molecule is O=C(c1ccco1)N1CCC2NCC2C1. The molecule has 1 aromatic heterocycles. The van der Waals surface area contributed by atoms with E-state index in [1.807, 2.05) is 4.90 Å². The Morgan fingerprint density at radius 1 is 1.60 bits per heavy atom. The first-order chi connectivity index (χ1) is 7.34. The molecule has 2 saturated heterocycles. The second kappa shape index (κ2) is 3.38. The predicted molar refractivity (Wildman–Crippen MR) is 54.5 cm³/mol. The Morgan fingerprint density at radius 2 is 2.53 bits per heavy atom. The number of hydrogen-bond acceptors (Lipinski definition) is 3. The van der Waals surface area contributed by atoms with Gasteiger partial charge in [-0.2, -0.15) is 0 Å². The van der Waals surface area contributed by atoms with Crippen LogP contribution in [0.4, 0.5) is 0 Å². The number of nitrogens with zero attached hydrogens (tertiary/aromatic N) is 1. The first-order valence-corrected chi connectivity index (χ1v) is 5.41. The molecule has 80 valence electrons. The van der Waals surface area contributed by atoms with Crippen molar-refractivity contribution in [2.45, 2.75) is 12.5 Å². The summed E-state index contributed by atoms with van der Waals surface area (Å²) in [6, 6.07) is 4.13. The summed E-state index contributed by atoms with van der Waals surface area (Å²) in [4.78, 5) is 13.9. The molecule has 0 spiro atoms. The van der Waals surface area contributed by atoms with Crippen LogP contribution in [0.25, 0.3) is 0 Å². The molecule has 3 rings (SSSR count). The number of piperidine rings is 1. The average Bonchev–Trinajstić information content (AvgIpc) is 2.72. The Labute approximate surface area is 88.2 Å². The summed E-state index contributed by atoms with van der Waals surface area (Å²) in [6.07, 6.45) is 2.61. The van der Waals surface area contributed by atoms with Crippen molar-refractivity contribution >= 4 is 5.91 Å². The predicted octanol–water partition coefficient (Wildman–Crippen LogP) is 0.714. The highest BCUT2D eigenvalue weighted by Crippen LogP contribution is 2.24. The number of amides is 1. The number of fused-ring (bicyclic) bond motifs is 1. The van der Waals surface area contributed by atoms with Crippen LogP contribution >= 0.6 is 0 Å². The highest BCUT2D eigenvalue weighted by molar-refractivity contribution is 5.91. The molecule has 3 heterocycles. The summed E-state index contributed by atoms with van der Waals surface area (Å²) in [5.41, 5.74) is 0. The van der Waals surface area contributed by atoms with E-state index in [2.05, 4.69) is 5.32 Å². The van der Waals surface area contributed by atoms with E-state index in [4.69, 9.17) is 4.42 Å². The lowest BCUT2D eigenvalue weighted by Gasteiger charge is -2.45. The third kappa shape index (κ3) is 1.45. The standard InChI is InChI=1S/C11H14N2O2/c14-11(10-2-1-5-15-10)13-4-3-9-8(7-13)6-12-9/h1-2,5,8-9,12H,3-4,6-7H2. The lowest BCUT2D eigenvalue weighted by atomic mass is 9.85. The Balaban J connectivity index is 1.70. The van der Waals surface area contributed by atoms with Crippen LogP contribution in [0.2, 0.25) is 0 Å². The molecule has 2 unspecified atom stereocenters. The van der Waals surface area contributed by atoms with Crippen molar-refractivity contribution in [3.8, 4) is 0 Å². The van der Waals surface area contributed by atoms with Gasteiger partial charge in [-0.05, 0) is 18.6 Å². The zero-order valence-electron chi connectivity index (χ0n) is 8.48. The van der Waals surface area contributed by atoms with Crippen LogP contribution in [0.3, 0.4) is 0 Å². The molecule has 4 nitrogen and oxygen atoms in total. The van der Waals surface area contributed by atoms with Gasteiger partial charge in [0.2, 0.25) is 0 Å². The summed E-state index contributed by atoms with van der Waals surface area (Å²) < 4.78 is 5.12. The minimum absolute atomic E-state index is 0.0327. The second-order valence-electron chi connectivity index (χ2n) is 4.29. The smallest absolute Gasteiger partial charge is 0.289 e. The Bertz CT molecular complexity index is 361. The molecule has 1 aromatic rings. The lowest BCUT2D eigenvalue weighted by Crippen LogP contribution is -2.62. The van der Waals surface area contributed by atoms with Crippen molar-refractivity contribution in [2.24, 2.45) is 5.92 Å². The monoisotopic (exact) mass is 206 g/mol. The highest BCUT2D eigenvalue weighted by Gasteiger charge is 2.37. The van der Waals surface area contributed by atoms with Gasteiger partial charge in [-0.25, -0.2) is 0 Å². The molecular formula is C11H14N2O2. The second-order valence-corrected chi connectivity index (χ2v) is 4.29. The van der Waals surface area contributed by atoms with Crippen LogP contribution < -0.4 is 5.32 Å². The molecular weight excluding hydrogens is 192 g/mol. The summed E-state index contributed by atoms with van der Waals surface area (Å²) in [6.45, 7) is 2.76. The third-order valence-electron chi connectivity index (χ3n) is 3.40. The number of rotatable bonds is 1. The van der Waals surface area contributed by atoms with Crippen LogP contribution in [0.5, 0.6) is 0 Å². The molecule has 0 saturated carbocycles. The highest BCUT2D eigenvalue weighted by atomic mass is 16.3. The van der Waals surface area contributed by atoms with Crippen LogP contribution in [0.1, 0.15) is 17.0 Å². The van der Waals surface area contributed by atoms with Crippen molar-refractivity contribution in [3.63, 3.8) is 0 Å². The van der Waals surface area contributed by atoms with Crippen molar-refractivity contribution < 1.29 is 9.21 Å². The van der Waals surface area contributed by atoms with Crippen molar-refractivity contribution in [1.29, 1.82) is 0 Å². The normalized spacial score (nSPS) is 29.5. The fourth-order valence-electron chi connectivity index (χ4n) is 2.39. The van der Waals surface area contributed by atoms with Crippen molar-refractivity contribution in [1.82, 2.24) is 10.2 Å². The molecule has 4 heteroatoms. The number of hydrogen-bond donors (Lipinski definition) is 1. The first-order valence-electron chi connectivity index (χ1n) is 5.41. The quantitative estimate of drug-likeness (QED) is 0.736. The van der Waals surface area contributed by atoms with Gasteiger partial charge in [0.05, 0.1) is 6.26 Å². The fraction of sp³-hybridized carbons (Fsp3) is 0.545.